The van der Waals surface area contributed by atoms with Crippen molar-refractivity contribution >= 4 is 11.3 Å². The van der Waals surface area contributed by atoms with Gasteiger partial charge in [-0.15, -0.1) is 21.5 Å². The predicted octanol–water partition coefficient (Wildman–Crippen LogP) is 2.69. The number of rotatable bonds is 5. The van der Waals surface area contributed by atoms with Gasteiger partial charge in [0.2, 0.25) is 0 Å². The summed E-state index contributed by atoms with van der Waals surface area (Å²) in [7, 11) is 0. The van der Waals surface area contributed by atoms with Crippen molar-refractivity contribution in [3.63, 3.8) is 0 Å². The van der Waals surface area contributed by atoms with Crippen LogP contribution in [0.2, 0.25) is 0 Å². The van der Waals surface area contributed by atoms with E-state index in [0.717, 1.165) is 15.9 Å². The summed E-state index contributed by atoms with van der Waals surface area (Å²) in [4.78, 5) is 0. The van der Waals surface area contributed by atoms with Crippen LogP contribution in [-0.4, -0.2) is 16.2 Å². The zero-order chi connectivity index (χ0) is 10.8. The van der Waals surface area contributed by atoms with Crippen LogP contribution < -0.4 is 5.32 Å². The van der Waals surface area contributed by atoms with E-state index >= 15 is 0 Å². The number of nitrogens with zero attached hydrogens (tertiary/aromatic N) is 2. The molecule has 2 rings (SSSR count). The third-order valence-corrected chi connectivity index (χ3v) is 3.85. The topological polar surface area (TPSA) is 37.8 Å². The Kier molecular flexibility index (Phi) is 3.36. The average Bonchev–Trinajstić information content (AvgIpc) is 2.85. The summed E-state index contributed by atoms with van der Waals surface area (Å²) < 4.78 is 0. The van der Waals surface area contributed by atoms with Crippen LogP contribution in [0.5, 0.6) is 0 Å². The number of aryl methyl sites for hydroxylation is 1. The molecule has 0 saturated heterocycles. The fraction of sp³-hybridized carbons (Fsp3) is 0.818. The van der Waals surface area contributed by atoms with Crippen molar-refractivity contribution in [2.45, 2.75) is 52.1 Å². The molecule has 84 valence electrons. The lowest BCUT2D eigenvalue weighted by atomic mass is 10.1. The number of hydrogen-bond acceptors (Lipinski definition) is 4. The third-order valence-electron chi connectivity index (χ3n) is 2.83. The molecule has 1 aromatic heterocycles. The molecule has 3 nitrogen and oxygen atoms in total. The second-order valence-electron chi connectivity index (χ2n) is 4.63. The number of aromatic nitrogens is 2. The monoisotopic (exact) mass is 225 g/mol. The molecule has 0 bridgehead atoms. The van der Waals surface area contributed by atoms with E-state index in [1.54, 1.807) is 11.3 Å². The van der Waals surface area contributed by atoms with Gasteiger partial charge in [-0.2, -0.15) is 0 Å². The minimum Gasteiger partial charge on any atom is -0.306 e. The van der Waals surface area contributed by atoms with Crippen molar-refractivity contribution in [3.8, 4) is 0 Å². The SMILES string of the molecule is Cc1nnc(C(C)NC(C)CC2CC2)s1. The quantitative estimate of drug-likeness (QED) is 0.837. The van der Waals surface area contributed by atoms with Crippen LogP contribution in [0.25, 0.3) is 0 Å². The molecule has 0 aromatic carbocycles. The molecule has 0 amide bonds. The molecular weight excluding hydrogens is 206 g/mol. The van der Waals surface area contributed by atoms with Crippen molar-refractivity contribution in [3.05, 3.63) is 10.0 Å². The van der Waals surface area contributed by atoms with Crippen LogP contribution in [0.3, 0.4) is 0 Å². The molecule has 0 aliphatic heterocycles. The highest BCUT2D eigenvalue weighted by molar-refractivity contribution is 7.11. The van der Waals surface area contributed by atoms with E-state index in [1.807, 2.05) is 6.92 Å². The Bertz CT molecular complexity index is 319. The molecule has 15 heavy (non-hydrogen) atoms. The van der Waals surface area contributed by atoms with Gasteiger partial charge in [0, 0.05) is 6.04 Å². The van der Waals surface area contributed by atoms with Gasteiger partial charge >= 0.3 is 0 Å². The second kappa shape index (κ2) is 4.58. The Morgan fingerprint density at radius 3 is 2.67 bits per heavy atom. The summed E-state index contributed by atoms with van der Waals surface area (Å²) >= 11 is 1.69. The van der Waals surface area contributed by atoms with Crippen LogP contribution in [0.15, 0.2) is 0 Å². The van der Waals surface area contributed by atoms with Gasteiger partial charge in [-0.25, -0.2) is 0 Å². The Morgan fingerprint density at radius 1 is 1.40 bits per heavy atom. The molecule has 2 unspecified atom stereocenters. The zero-order valence-electron chi connectivity index (χ0n) is 9.66. The van der Waals surface area contributed by atoms with Gasteiger partial charge in [0.25, 0.3) is 0 Å². The van der Waals surface area contributed by atoms with Crippen molar-refractivity contribution in [2.24, 2.45) is 5.92 Å². The summed E-state index contributed by atoms with van der Waals surface area (Å²) in [6.07, 6.45) is 4.17. The van der Waals surface area contributed by atoms with Gasteiger partial charge in [0.05, 0.1) is 6.04 Å². The molecule has 0 spiro atoms. The van der Waals surface area contributed by atoms with Crippen LogP contribution >= 0.6 is 11.3 Å². The van der Waals surface area contributed by atoms with Gasteiger partial charge in [-0.1, -0.05) is 12.8 Å². The molecule has 2 atom stereocenters. The molecule has 1 aliphatic carbocycles. The van der Waals surface area contributed by atoms with Crippen molar-refractivity contribution in [1.82, 2.24) is 15.5 Å². The first-order valence-electron chi connectivity index (χ1n) is 5.71. The molecule has 0 radical (unpaired) electrons. The fourth-order valence-electron chi connectivity index (χ4n) is 1.91. The standard InChI is InChI=1S/C11H19N3S/c1-7(6-10-4-5-10)12-8(2)11-14-13-9(3)15-11/h7-8,10,12H,4-6H2,1-3H3. The highest BCUT2D eigenvalue weighted by atomic mass is 32.1. The normalized spacial score (nSPS) is 20.2. The second-order valence-corrected chi connectivity index (χ2v) is 5.84. The lowest BCUT2D eigenvalue weighted by Gasteiger charge is -2.17. The molecular formula is C11H19N3S. The highest BCUT2D eigenvalue weighted by Crippen LogP contribution is 2.33. The van der Waals surface area contributed by atoms with E-state index in [2.05, 4.69) is 29.4 Å². The van der Waals surface area contributed by atoms with Crippen molar-refractivity contribution in [2.75, 3.05) is 0 Å². The van der Waals surface area contributed by atoms with Crippen molar-refractivity contribution in [1.29, 1.82) is 0 Å². The molecule has 1 fully saturated rings. The Balaban J connectivity index is 1.82. The maximum atomic E-state index is 4.17. The van der Waals surface area contributed by atoms with E-state index < -0.39 is 0 Å². The van der Waals surface area contributed by atoms with Crippen LogP contribution in [-0.2, 0) is 0 Å². The van der Waals surface area contributed by atoms with E-state index in [1.165, 1.54) is 19.3 Å². The van der Waals surface area contributed by atoms with Gasteiger partial charge in [0.1, 0.15) is 10.0 Å². The maximum Gasteiger partial charge on any atom is 0.134 e. The molecule has 1 aliphatic rings. The first-order valence-corrected chi connectivity index (χ1v) is 6.53. The summed E-state index contributed by atoms with van der Waals surface area (Å²) in [6, 6.07) is 0.932. The van der Waals surface area contributed by atoms with Gasteiger partial charge < -0.3 is 5.32 Å². The van der Waals surface area contributed by atoms with E-state index in [4.69, 9.17) is 0 Å². The lowest BCUT2D eigenvalue weighted by Crippen LogP contribution is -2.29. The Hall–Kier alpha value is -0.480. The summed E-state index contributed by atoms with van der Waals surface area (Å²) in [5.74, 6) is 0.982. The summed E-state index contributed by atoms with van der Waals surface area (Å²) in [5.41, 5.74) is 0. The van der Waals surface area contributed by atoms with E-state index in [9.17, 15) is 0 Å². The smallest absolute Gasteiger partial charge is 0.134 e. The van der Waals surface area contributed by atoms with E-state index in [0.29, 0.717) is 12.1 Å². The lowest BCUT2D eigenvalue weighted by molar-refractivity contribution is 0.436. The Labute approximate surface area is 95.3 Å². The highest BCUT2D eigenvalue weighted by Gasteiger charge is 2.24. The Morgan fingerprint density at radius 2 is 2.13 bits per heavy atom. The van der Waals surface area contributed by atoms with Gasteiger partial charge in [0.15, 0.2) is 0 Å². The first-order chi connectivity index (χ1) is 7.15. The van der Waals surface area contributed by atoms with Crippen LogP contribution in [0.4, 0.5) is 0 Å². The maximum absolute atomic E-state index is 4.17. The largest absolute Gasteiger partial charge is 0.306 e. The fourth-order valence-corrected chi connectivity index (χ4v) is 2.62. The van der Waals surface area contributed by atoms with Crippen LogP contribution in [0.1, 0.15) is 49.2 Å². The molecule has 1 aromatic rings. The number of hydrogen-bond donors (Lipinski definition) is 1. The first kappa shape index (κ1) is 11.0. The average molecular weight is 225 g/mol. The third kappa shape index (κ3) is 3.24. The van der Waals surface area contributed by atoms with Crippen LogP contribution in [0, 0.1) is 12.8 Å². The summed E-state index contributed by atoms with van der Waals surface area (Å²) in [5, 5.41) is 14.0. The predicted molar refractivity (Wildman–Crippen MR) is 63.0 cm³/mol. The van der Waals surface area contributed by atoms with Gasteiger partial charge in [-0.3, -0.25) is 0 Å². The van der Waals surface area contributed by atoms with Crippen molar-refractivity contribution < 1.29 is 0 Å². The summed E-state index contributed by atoms with van der Waals surface area (Å²) in [6.45, 7) is 6.44. The van der Waals surface area contributed by atoms with E-state index in [-0.39, 0.29) is 0 Å². The number of nitrogens with one attached hydrogen (secondary N) is 1. The zero-order valence-corrected chi connectivity index (χ0v) is 10.5. The molecule has 1 N–H and O–H groups in total. The molecule has 1 saturated carbocycles. The minimum atomic E-state index is 0.338. The molecule has 1 heterocycles. The minimum absolute atomic E-state index is 0.338. The molecule has 4 heteroatoms. The van der Waals surface area contributed by atoms with Gasteiger partial charge in [-0.05, 0) is 33.1 Å².